The smallest absolute Gasteiger partial charge is 0.328 e. The zero-order chi connectivity index (χ0) is 20.6. The van der Waals surface area contributed by atoms with Crippen molar-refractivity contribution in [3.63, 3.8) is 0 Å². The largest absolute Gasteiger partial charge is 0.481 e. The molecule has 148 valence electrons. The minimum atomic E-state index is -1.39. The third kappa shape index (κ3) is 7.45. The minimum absolute atomic E-state index is 0.148. The summed E-state index contributed by atoms with van der Waals surface area (Å²) in [4.78, 5) is 47.6. The fourth-order valence-corrected chi connectivity index (χ4v) is 2.19. The summed E-state index contributed by atoms with van der Waals surface area (Å²) < 4.78 is 4.70. The molecule has 0 spiro atoms. The number of amides is 2. The molecule has 1 rings (SSSR count). The van der Waals surface area contributed by atoms with Crippen molar-refractivity contribution < 1.29 is 29.0 Å². The van der Waals surface area contributed by atoms with Crippen LogP contribution in [0.5, 0.6) is 0 Å². The van der Waals surface area contributed by atoms with Gasteiger partial charge in [0.15, 0.2) is 0 Å². The van der Waals surface area contributed by atoms with Crippen molar-refractivity contribution in [3.05, 3.63) is 35.9 Å². The number of nitrogens with two attached hydrogens (primary N) is 1. The highest BCUT2D eigenvalue weighted by molar-refractivity contribution is 5.95. The van der Waals surface area contributed by atoms with Crippen molar-refractivity contribution in [2.75, 3.05) is 7.11 Å². The van der Waals surface area contributed by atoms with Crippen molar-refractivity contribution in [1.82, 2.24) is 10.6 Å². The number of ether oxygens (including phenoxy) is 1. The predicted octanol–water partition coefficient (Wildman–Crippen LogP) is -0.416. The molecule has 9 nitrogen and oxygen atoms in total. The normalized spacial score (nSPS) is 13.2. The molecule has 27 heavy (non-hydrogen) atoms. The number of carboxylic acid groups (broad SMARTS) is 1. The highest BCUT2D eigenvalue weighted by Crippen LogP contribution is 2.06. The van der Waals surface area contributed by atoms with Crippen molar-refractivity contribution in [2.45, 2.75) is 44.3 Å². The van der Waals surface area contributed by atoms with Crippen LogP contribution < -0.4 is 16.4 Å². The average molecular weight is 379 g/mol. The molecular formula is C18H25N3O6. The van der Waals surface area contributed by atoms with E-state index >= 15 is 0 Å². The third-order valence-corrected chi connectivity index (χ3v) is 3.67. The van der Waals surface area contributed by atoms with Gasteiger partial charge >= 0.3 is 11.9 Å². The molecule has 0 heterocycles. The lowest BCUT2D eigenvalue weighted by atomic mass is 10.0. The topological polar surface area (TPSA) is 148 Å². The fourth-order valence-electron chi connectivity index (χ4n) is 2.19. The molecule has 9 heteroatoms. The van der Waals surface area contributed by atoms with Crippen molar-refractivity contribution in [3.8, 4) is 0 Å². The molecule has 0 unspecified atom stereocenters. The molecular weight excluding hydrogens is 354 g/mol. The monoisotopic (exact) mass is 379 g/mol. The van der Waals surface area contributed by atoms with Crippen LogP contribution in [0.4, 0.5) is 0 Å². The molecule has 1 aromatic carbocycles. The van der Waals surface area contributed by atoms with E-state index in [1.807, 2.05) is 6.07 Å². The van der Waals surface area contributed by atoms with Crippen molar-refractivity contribution >= 4 is 23.8 Å². The molecule has 2 amide bonds. The summed E-state index contributed by atoms with van der Waals surface area (Å²) in [6, 6.07) is 6.49. The van der Waals surface area contributed by atoms with Gasteiger partial charge in [0, 0.05) is 6.42 Å². The van der Waals surface area contributed by atoms with Crippen LogP contribution in [0.1, 0.15) is 25.8 Å². The third-order valence-electron chi connectivity index (χ3n) is 3.67. The Morgan fingerprint density at radius 3 is 2.19 bits per heavy atom. The fraction of sp³-hybridized carbons (Fsp3) is 0.444. The van der Waals surface area contributed by atoms with Gasteiger partial charge in [-0.2, -0.15) is 0 Å². The Kier molecular flexibility index (Phi) is 7.92. The van der Waals surface area contributed by atoms with Gasteiger partial charge in [0.2, 0.25) is 11.8 Å². The van der Waals surface area contributed by atoms with E-state index < -0.39 is 47.8 Å². The van der Waals surface area contributed by atoms with Crippen LogP contribution in [0.2, 0.25) is 0 Å². The van der Waals surface area contributed by atoms with Crippen molar-refractivity contribution in [2.24, 2.45) is 5.73 Å². The number of carbonyl (C=O) groups excluding carboxylic acids is 3. The van der Waals surface area contributed by atoms with Gasteiger partial charge in [-0.05, 0) is 19.4 Å². The Morgan fingerprint density at radius 1 is 1.11 bits per heavy atom. The quantitative estimate of drug-likeness (QED) is 0.426. The lowest BCUT2D eigenvalue weighted by molar-refractivity contribution is -0.145. The lowest BCUT2D eigenvalue weighted by Gasteiger charge is -2.24. The molecule has 0 bridgehead atoms. The number of nitrogens with one attached hydrogen (secondary N) is 2. The Balaban J connectivity index is 2.94. The van der Waals surface area contributed by atoms with Crippen LogP contribution in [0, 0.1) is 0 Å². The Bertz CT molecular complexity index is 684. The number of esters is 1. The van der Waals surface area contributed by atoms with E-state index in [1.165, 1.54) is 21.0 Å². The molecule has 0 aromatic heterocycles. The second-order valence-electron chi connectivity index (χ2n) is 6.62. The van der Waals surface area contributed by atoms with Gasteiger partial charge in [-0.25, -0.2) is 4.79 Å². The molecule has 0 aliphatic carbocycles. The van der Waals surface area contributed by atoms with E-state index in [0.29, 0.717) is 0 Å². The second-order valence-corrected chi connectivity index (χ2v) is 6.62. The van der Waals surface area contributed by atoms with Crippen LogP contribution in [0.15, 0.2) is 30.3 Å². The van der Waals surface area contributed by atoms with Gasteiger partial charge in [0.1, 0.15) is 12.1 Å². The molecule has 0 saturated carbocycles. The SMILES string of the molecule is COC(=O)[C@H](Cc1ccccc1)NC(=O)[C@H](CC(=O)O)NC(=O)C(C)(C)N. The van der Waals surface area contributed by atoms with E-state index in [1.54, 1.807) is 24.3 Å². The van der Waals surface area contributed by atoms with Crippen LogP contribution in [0.25, 0.3) is 0 Å². The van der Waals surface area contributed by atoms with Gasteiger partial charge in [0.25, 0.3) is 0 Å². The number of carbonyl (C=O) groups is 4. The van der Waals surface area contributed by atoms with E-state index in [9.17, 15) is 19.2 Å². The number of hydrogen-bond acceptors (Lipinski definition) is 6. The first kappa shape index (κ1) is 22.1. The first-order chi connectivity index (χ1) is 12.5. The summed E-state index contributed by atoms with van der Waals surface area (Å²) in [6.07, 6.45) is -0.512. The number of hydrogen-bond donors (Lipinski definition) is 4. The molecule has 5 N–H and O–H groups in total. The van der Waals surface area contributed by atoms with Crippen LogP contribution in [-0.2, 0) is 30.3 Å². The molecule has 0 radical (unpaired) electrons. The maximum absolute atomic E-state index is 12.5. The number of carboxylic acids is 1. The molecule has 1 aromatic rings. The van der Waals surface area contributed by atoms with Crippen molar-refractivity contribution in [1.29, 1.82) is 0 Å². The maximum atomic E-state index is 12.5. The predicted molar refractivity (Wildman–Crippen MR) is 96.5 cm³/mol. The van der Waals surface area contributed by atoms with Gasteiger partial charge < -0.3 is 26.2 Å². The molecule has 0 aliphatic rings. The number of methoxy groups -OCH3 is 1. The lowest BCUT2D eigenvalue weighted by Crippen LogP contribution is -2.58. The van der Waals surface area contributed by atoms with E-state index in [4.69, 9.17) is 15.6 Å². The van der Waals surface area contributed by atoms with Gasteiger partial charge in [0.05, 0.1) is 19.1 Å². The average Bonchev–Trinajstić information content (AvgIpc) is 2.59. The van der Waals surface area contributed by atoms with Gasteiger partial charge in [-0.1, -0.05) is 30.3 Å². The molecule has 0 saturated heterocycles. The van der Waals surface area contributed by atoms with Crippen LogP contribution in [0.3, 0.4) is 0 Å². The summed E-state index contributed by atoms with van der Waals surface area (Å²) in [5.74, 6) is -3.49. The number of aliphatic carboxylic acids is 1. The second kappa shape index (κ2) is 9.67. The summed E-state index contributed by atoms with van der Waals surface area (Å²) in [5.41, 5.74) is 5.14. The maximum Gasteiger partial charge on any atom is 0.328 e. The zero-order valence-corrected chi connectivity index (χ0v) is 15.5. The van der Waals surface area contributed by atoms with Crippen LogP contribution in [-0.4, -0.2) is 53.6 Å². The Labute approximate surface area is 157 Å². The summed E-state index contributed by atoms with van der Waals surface area (Å²) in [7, 11) is 1.18. The van der Waals surface area contributed by atoms with Gasteiger partial charge in [-0.3, -0.25) is 14.4 Å². The molecule has 0 aliphatic heterocycles. The standard InChI is InChI=1S/C18H25N3O6/c1-18(2,19)17(26)21-12(10-14(22)23)15(24)20-13(16(25)27-3)9-11-7-5-4-6-8-11/h4-8,12-13H,9-10,19H2,1-3H3,(H,20,24)(H,21,26)(H,22,23)/t12-,13-/m0/s1. The molecule has 0 fully saturated rings. The summed E-state index contributed by atoms with van der Waals surface area (Å²) >= 11 is 0. The minimum Gasteiger partial charge on any atom is -0.481 e. The highest BCUT2D eigenvalue weighted by Gasteiger charge is 2.32. The first-order valence-corrected chi connectivity index (χ1v) is 8.28. The summed E-state index contributed by atoms with van der Waals surface area (Å²) in [5, 5.41) is 13.8. The van der Waals surface area contributed by atoms with Gasteiger partial charge in [-0.15, -0.1) is 0 Å². The van der Waals surface area contributed by atoms with E-state index in [2.05, 4.69) is 10.6 Å². The first-order valence-electron chi connectivity index (χ1n) is 8.28. The Hall–Kier alpha value is -2.94. The highest BCUT2D eigenvalue weighted by atomic mass is 16.5. The van der Waals surface area contributed by atoms with E-state index in [-0.39, 0.29) is 6.42 Å². The summed E-state index contributed by atoms with van der Waals surface area (Å²) in [6.45, 7) is 2.84. The zero-order valence-electron chi connectivity index (χ0n) is 15.5. The molecule has 2 atom stereocenters. The number of rotatable bonds is 9. The Morgan fingerprint density at radius 2 is 1.70 bits per heavy atom. The number of benzene rings is 1. The van der Waals surface area contributed by atoms with Crippen LogP contribution >= 0.6 is 0 Å². The van der Waals surface area contributed by atoms with E-state index in [0.717, 1.165) is 5.56 Å².